The summed E-state index contributed by atoms with van der Waals surface area (Å²) in [5.74, 6) is -0.0267. The number of nitrogens with two attached hydrogens (primary N) is 1. The van der Waals surface area contributed by atoms with E-state index in [1.165, 1.54) is 11.3 Å². The lowest BCUT2D eigenvalue weighted by atomic mass is 10.1. The van der Waals surface area contributed by atoms with Gasteiger partial charge in [0.2, 0.25) is 0 Å². The number of amides is 1. The number of carbonyl (C=O) groups excluding carboxylic acids is 1. The van der Waals surface area contributed by atoms with E-state index in [2.05, 4.69) is 4.98 Å². The van der Waals surface area contributed by atoms with Gasteiger partial charge in [0.05, 0.1) is 6.26 Å². The third-order valence-electron chi connectivity index (χ3n) is 3.24. The smallest absolute Gasteiger partial charge is 0.273 e. The van der Waals surface area contributed by atoms with Crippen molar-refractivity contribution in [2.24, 2.45) is 5.73 Å². The summed E-state index contributed by atoms with van der Waals surface area (Å²) in [5, 5.41) is 2.60. The van der Waals surface area contributed by atoms with Crippen molar-refractivity contribution in [1.29, 1.82) is 0 Å². The van der Waals surface area contributed by atoms with Gasteiger partial charge in [-0.1, -0.05) is 0 Å². The van der Waals surface area contributed by atoms with Gasteiger partial charge in [-0.05, 0) is 18.9 Å². The van der Waals surface area contributed by atoms with Gasteiger partial charge < -0.3 is 15.1 Å². The van der Waals surface area contributed by atoms with Crippen molar-refractivity contribution < 1.29 is 9.21 Å². The van der Waals surface area contributed by atoms with Crippen molar-refractivity contribution in [2.75, 3.05) is 13.1 Å². The van der Waals surface area contributed by atoms with E-state index in [4.69, 9.17) is 10.2 Å². The van der Waals surface area contributed by atoms with Crippen LogP contribution in [-0.2, 0) is 0 Å². The van der Waals surface area contributed by atoms with Crippen LogP contribution in [0.4, 0.5) is 0 Å². The molecule has 2 N–H and O–H groups in total. The van der Waals surface area contributed by atoms with Crippen LogP contribution in [-0.4, -0.2) is 34.9 Å². The second-order valence-electron chi connectivity index (χ2n) is 4.70. The first kappa shape index (κ1) is 12.4. The Morgan fingerprint density at radius 1 is 1.58 bits per heavy atom. The minimum absolute atomic E-state index is 0.0267. The molecule has 6 heteroatoms. The Morgan fingerprint density at radius 3 is 3.21 bits per heavy atom. The summed E-state index contributed by atoms with van der Waals surface area (Å²) in [6, 6.07) is 1.92. The average molecular weight is 277 g/mol. The van der Waals surface area contributed by atoms with Gasteiger partial charge in [0.25, 0.3) is 5.91 Å². The Morgan fingerprint density at radius 2 is 2.47 bits per heavy atom. The third-order valence-corrected chi connectivity index (χ3v) is 4.13. The van der Waals surface area contributed by atoms with Gasteiger partial charge in [0.1, 0.15) is 17.0 Å². The molecular formula is C13H15N3O2S. The van der Waals surface area contributed by atoms with Crippen LogP contribution < -0.4 is 5.73 Å². The van der Waals surface area contributed by atoms with Crippen molar-refractivity contribution in [3.63, 3.8) is 0 Å². The molecule has 0 radical (unpaired) electrons. The summed E-state index contributed by atoms with van der Waals surface area (Å²) in [6.45, 7) is 1.39. The average Bonchev–Trinajstić information content (AvgIpc) is 3.08. The molecular weight excluding hydrogens is 262 g/mol. The summed E-state index contributed by atoms with van der Waals surface area (Å²) >= 11 is 1.45. The SMILES string of the molecule is NC1CCCN(C(=O)c2csc(-c3ccoc3)n2)C1. The molecule has 2 aromatic rings. The monoisotopic (exact) mass is 277 g/mol. The molecule has 0 bridgehead atoms. The maximum absolute atomic E-state index is 12.3. The third kappa shape index (κ3) is 2.54. The summed E-state index contributed by atoms with van der Waals surface area (Å²) in [6.07, 6.45) is 5.18. The van der Waals surface area contributed by atoms with Crippen LogP contribution in [0.2, 0.25) is 0 Å². The molecule has 0 aromatic carbocycles. The Hall–Kier alpha value is -1.66. The standard InChI is InChI=1S/C13H15N3O2S/c14-10-2-1-4-16(6-10)13(17)11-8-19-12(15-11)9-3-5-18-7-9/h3,5,7-8,10H,1-2,4,6,14H2. The van der Waals surface area contributed by atoms with Crippen molar-refractivity contribution in [3.8, 4) is 10.6 Å². The molecule has 100 valence electrons. The van der Waals surface area contributed by atoms with Gasteiger partial charge in [-0.25, -0.2) is 4.98 Å². The second kappa shape index (κ2) is 5.14. The van der Waals surface area contributed by atoms with Crippen LogP contribution in [0.15, 0.2) is 28.4 Å². The van der Waals surface area contributed by atoms with Crippen molar-refractivity contribution >= 4 is 17.2 Å². The first-order valence-electron chi connectivity index (χ1n) is 6.27. The van der Waals surface area contributed by atoms with Gasteiger partial charge >= 0.3 is 0 Å². The van der Waals surface area contributed by atoms with Gasteiger partial charge in [0, 0.05) is 30.1 Å². The Balaban J connectivity index is 1.77. The number of aromatic nitrogens is 1. The van der Waals surface area contributed by atoms with Gasteiger partial charge in [-0.2, -0.15) is 0 Å². The highest BCUT2D eigenvalue weighted by Crippen LogP contribution is 2.25. The summed E-state index contributed by atoms with van der Waals surface area (Å²) in [5.41, 5.74) is 7.30. The number of nitrogens with zero attached hydrogens (tertiary/aromatic N) is 2. The lowest BCUT2D eigenvalue weighted by Crippen LogP contribution is -2.45. The molecule has 1 amide bonds. The molecule has 0 spiro atoms. The lowest BCUT2D eigenvalue weighted by molar-refractivity contribution is 0.0704. The van der Waals surface area contributed by atoms with Gasteiger partial charge in [0.15, 0.2) is 0 Å². The highest BCUT2D eigenvalue weighted by molar-refractivity contribution is 7.13. The molecule has 2 aromatic heterocycles. The Kier molecular flexibility index (Phi) is 3.35. The molecule has 5 nitrogen and oxygen atoms in total. The fraction of sp³-hybridized carbons (Fsp3) is 0.385. The normalized spacial score (nSPS) is 19.6. The minimum atomic E-state index is -0.0267. The summed E-state index contributed by atoms with van der Waals surface area (Å²) in [7, 11) is 0. The number of hydrogen-bond donors (Lipinski definition) is 1. The quantitative estimate of drug-likeness (QED) is 0.911. The van der Waals surface area contributed by atoms with E-state index >= 15 is 0 Å². The molecule has 1 unspecified atom stereocenters. The number of rotatable bonds is 2. The molecule has 3 heterocycles. The second-order valence-corrected chi connectivity index (χ2v) is 5.56. The van der Waals surface area contributed by atoms with Crippen molar-refractivity contribution in [3.05, 3.63) is 29.7 Å². The van der Waals surface area contributed by atoms with Crippen LogP contribution in [0.3, 0.4) is 0 Å². The van der Waals surface area contributed by atoms with Crippen LogP contribution in [0.5, 0.6) is 0 Å². The highest BCUT2D eigenvalue weighted by atomic mass is 32.1. The van der Waals surface area contributed by atoms with E-state index in [1.807, 2.05) is 6.07 Å². The zero-order valence-corrected chi connectivity index (χ0v) is 11.2. The fourth-order valence-corrected chi connectivity index (χ4v) is 3.03. The minimum Gasteiger partial charge on any atom is -0.472 e. The number of furan rings is 1. The molecule has 0 aliphatic carbocycles. The molecule has 0 saturated carbocycles. The Labute approximate surface area is 115 Å². The number of thiazole rings is 1. The number of likely N-dealkylation sites (tertiary alicyclic amines) is 1. The van der Waals surface area contributed by atoms with Crippen LogP contribution in [0, 0.1) is 0 Å². The van der Waals surface area contributed by atoms with E-state index in [9.17, 15) is 4.79 Å². The zero-order chi connectivity index (χ0) is 13.2. The Bertz CT molecular complexity index is 564. The van der Waals surface area contributed by atoms with Gasteiger partial charge in [-0.3, -0.25) is 4.79 Å². The first-order valence-corrected chi connectivity index (χ1v) is 7.15. The van der Waals surface area contributed by atoms with E-state index in [0.29, 0.717) is 12.2 Å². The predicted molar refractivity (Wildman–Crippen MR) is 72.9 cm³/mol. The summed E-state index contributed by atoms with van der Waals surface area (Å²) in [4.78, 5) is 18.5. The van der Waals surface area contributed by atoms with E-state index < -0.39 is 0 Å². The number of piperidine rings is 1. The first-order chi connectivity index (χ1) is 9.24. The molecule has 1 aliphatic rings. The van der Waals surface area contributed by atoms with E-state index in [-0.39, 0.29) is 11.9 Å². The zero-order valence-electron chi connectivity index (χ0n) is 10.4. The number of carbonyl (C=O) groups is 1. The molecule has 19 heavy (non-hydrogen) atoms. The fourth-order valence-electron chi connectivity index (χ4n) is 2.25. The molecule has 1 saturated heterocycles. The summed E-state index contributed by atoms with van der Waals surface area (Å²) < 4.78 is 5.02. The highest BCUT2D eigenvalue weighted by Gasteiger charge is 2.24. The topological polar surface area (TPSA) is 72.4 Å². The van der Waals surface area contributed by atoms with Gasteiger partial charge in [-0.15, -0.1) is 11.3 Å². The molecule has 1 fully saturated rings. The predicted octanol–water partition coefficient (Wildman–Crippen LogP) is 1.97. The largest absolute Gasteiger partial charge is 0.472 e. The lowest BCUT2D eigenvalue weighted by Gasteiger charge is -2.30. The maximum Gasteiger partial charge on any atom is 0.273 e. The maximum atomic E-state index is 12.3. The molecule has 3 rings (SSSR count). The van der Waals surface area contributed by atoms with Crippen molar-refractivity contribution in [1.82, 2.24) is 9.88 Å². The molecule has 1 atom stereocenters. The van der Waals surface area contributed by atoms with E-state index in [0.717, 1.165) is 30.0 Å². The van der Waals surface area contributed by atoms with Crippen LogP contribution in [0.25, 0.3) is 10.6 Å². The van der Waals surface area contributed by atoms with Crippen LogP contribution >= 0.6 is 11.3 Å². The molecule has 1 aliphatic heterocycles. The van der Waals surface area contributed by atoms with E-state index in [1.54, 1.807) is 22.8 Å². The number of hydrogen-bond acceptors (Lipinski definition) is 5. The van der Waals surface area contributed by atoms with Crippen LogP contribution in [0.1, 0.15) is 23.3 Å². The van der Waals surface area contributed by atoms with Crippen molar-refractivity contribution in [2.45, 2.75) is 18.9 Å².